The van der Waals surface area contributed by atoms with E-state index in [1.54, 1.807) is 0 Å². The van der Waals surface area contributed by atoms with Crippen molar-refractivity contribution in [1.82, 2.24) is 10.6 Å². The minimum absolute atomic E-state index is 0.0494. The number of amides is 1. The Morgan fingerprint density at radius 3 is 2.69 bits per heavy atom. The number of ether oxygens (including phenoxy) is 1. The quantitative estimate of drug-likeness (QED) is 0.739. The summed E-state index contributed by atoms with van der Waals surface area (Å²) in [5.41, 5.74) is -0.0494. The van der Waals surface area contributed by atoms with E-state index in [4.69, 9.17) is 4.74 Å². The monoisotopic (exact) mass is 228 g/mol. The number of hydrogen-bond donors (Lipinski definition) is 2. The van der Waals surface area contributed by atoms with Crippen LogP contribution in [0.1, 0.15) is 40.5 Å². The molecule has 3 unspecified atom stereocenters. The van der Waals surface area contributed by atoms with Crippen molar-refractivity contribution in [2.24, 2.45) is 0 Å². The van der Waals surface area contributed by atoms with Gasteiger partial charge < -0.3 is 10.1 Å². The predicted octanol–water partition coefficient (Wildman–Crippen LogP) is 1.06. The maximum Gasteiger partial charge on any atom is 0.237 e. The van der Waals surface area contributed by atoms with Crippen LogP contribution in [0.15, 0.2) is 0 Å². The average molecular weight is 228 g/mol. The van der Waals surface area contributed by atoms with E-state index in [9.17, 15) is 4.79 Å². The first-order valence-electron chi connectivity index (χ1n) is 6.12. The highest BCUT2D eigenvalue weighted by atomic mass is 16.5. The SMILES string of the molecule is CCC(C)NC(=O)C(C)NC1(C)CCOC1. The first-order valence-corrected chi connectivity index (χ1v) is 6.12. The molecule has 0 aromatic carbocycles. The van der Waals surface area contributed by atoms with Crippen LogP contribution in [-0.4, -0.2) is 36.7 Å². The summed E-state index contributed by atoms with van der Waals surface area (Å²) in [5.74, 6) is 0.0717. The largest absolute Gasteiger partial charge is 0.379 e. The zero-order valence-electron chi connectivity index (χ0n) is 10.8. The molecule has 1 aliphatic rings. The lowest BCUT2D eigenvalue weighted by Gasteiger charge is -2.28. The topological polar surface area (TPSA) is 50.4 Å². The van der Waals surface area contributed by atoms with E-state index >= 15 is 0 Å². The summed E-state index contributed by atoms with van der Waals surface area (Å²) in [6.07, 6.45) is 1.92. The van der Waals surface area contributed by atoms with Crippen LogP contribution in [0.2, 0.25) is 0 Å². The van der Waals surface area contributed by atoms with Crippen LogP contribution in [0.25, 0.3) is 0 Å². The molecule has 1 saturated heterocycles. The zero-order chi connectivity index (χ0) is 12.2. The first-order chi connectivity index (χ1) is 7.47. The summed E-state index contributed by atoms with van der Waals surface area (Å²) in [7, 11) is 0. The maximum atomic E-state index is 11.8. The Morgan fingerprint density at radius 1 is 1.50 bits per heavy atom. The summed E-state index contributed by atoms with van der Waals surface area (Å²) in [6.45, 7) is 9.56. The third-order valence-electron chi connectivity index (χ3n) is 3.18. The highest BCUT2D eigenvalue weighted by Gasteiger charge is 2.32. The van der Waals surface area contributed by atoms with Gasteiger partial charge >= 0.3 is 0 Å². The van der Waals surface area contributed by atoms with Crippen molar-refractivity contribution in [2.75, 3.05) is 13.2 Å². The smallest absolute Gasteiger partial charge is 0.237 e. The van der Waals surface area contributed by atoms with Gasteiger partial charge in [0.1, 0.15) is 0 Å². The zero-order valence-corrected chi connectivity index (χ0v) is 10.8. The summed E-state index contributed by atoms with van der Waals surface area (Å²) >= 11 is 0. The van der Waals surface area contributed by atoms with Gasteiger partial charge in [0, 0.05) is 18.2 Å². The lowest BCUT2D eigenvalue weighted by Crippen LogP contribution is -2.54. The van der Waals surface area contributed by atoms with Crippen LogP contribution in [-0.2, 0) is 9.53 Å². The Bertz CT molecular complexity index is 237. The number of rotatable bonds is 5. The molecule has 16 heavy (non-hydrogen) atoms. The van der Waals surface area contributed by atoms with E-state index < -0.39 is 0 Å². The van der Waals surface area contributed by atoms with Gasteiger partial charge in [0.05, 0.1) is 12.6 Å². The standard InChI is InChI=1S/C12H24N2O2/c1-5-9(2)13-11(15)10(3)14-12(4)6-7-16-8-12/h9-10,14H,5-8H2,1-4H3,(H,13,15). The highest BCUT2D eigenvalue weighted by Crippen LogP contribution is 2.18. The van der Waals surface area contributed by atoms with E-state index in [-0.39, 0.29) is 23.5 Å². The Labute approximate surface area is 98.1 Å². The van der Waals surface area contributed by atoms with Crippen LogP contribution in [0.3, 0.4) is 0 Å². The summed E-state index contributed by atoms with van der Waals surface area (Å²) in [5, 5.41) is 6.33. The fourth-order valence-electron chi connectivity index (χ4n) is 1.84. The molecule has 3 atom stereocenters. The normalized spacial score (nSPS) is 28.8. The van der Waals surface area contributed by atoms with Gasteiger partial charge in [-0.2, -0.15) is 0 Å². The fraction of sp³-hybridized carbons (Fsp3) is 0.917. The Morgan fingerprint density at radius 2 is 2.19 bits per heavy atom. The molecular formula is C12H24N2O2. The molecule has 1 aliphatic heterocycles. The molecule has 2 N–H and O–H groups in total. The van der Waals surface area contributed by atoms with Gasteiger partial charge in [-0.3, -0.25) is 10.1 Å². The van der Waals surface area contributed by atoms with Crippen LogP contribution in [0.4, 0.5) is 0 Å². The average Bonchev–Trinajstić information content (AvgIpc) is 2.64. The number of hydrogen-bond acceptors (Lipinski definition) is 3. The molecule has 0 saturated carbocycles. The third-order valence-corrected chi connectivity index (χ3v) is 3.18. The van der Waals surface area contributed by atoms with E-state index in [0.29, 0.717) is 6.61 Å². The molecular weight excluding hydrogens is 204 g/mol. The first kappa shape index (κ1) is 13.5. The molecule has 1 heterocycles. The minimum Gasteiger partial charge on any atom is -0.379 e. The second-order valence-corrected chi connectivity index (χ2v) is 5.05. The maximum absolute atomic E-state index is 11.8. The lowest BCUT2D eigenvalue weighted by molar-refractivity contribution is -0.123. The van der Waals surface area contributed by atoms with Crippen LogP contribution in [0.5, 0.6) is 0 Å². The van der Waals surface area contributed by atoms with Gasteiger partial charge in [0.15, 0.2) is 0 Å². The van der Waals surface area contributed by atoms with Crippen molar-refractivity contribution >= 4 is 5.91 Å². The van der Waals surface area contributed by atoms with Gasteiger partial charge in [0.25, 0.3) is 0 Å². The Balaban J connectivity index is 2.39. The molecule has 0 aromatic heterocycles. The number of carbonyl (C=O) groups is 1. The number of carbonyl (C=O) groups excluding carboxylic acids is 1. The Hall–Kier alpha value is -0.610. The van der Waals surface area contributed by atoms with Crippen molar-refractivity contribution in [1.29, 1.82) is 0 Å². The van der Waals surface area contributed by atoms with Crippen molar-refractivity contribution in [3.63, 3.8) is 0 Å². The fourth-order valence-corrected chi connectivity index (χ4v) is 1.84. The molecule has 1 rings (SSSR count). The van der Waals surface area contributed by atoms with Crippen LogP contribution in [0, 0.1) is 0 Å². The van der Waals surface area contributed by atoms with Gasteiger partial charge in [-0.05, 0) is 33.6 Å². The number of nitrogens with one attached hydrogen (secondary N) is 2. The Kier molecular flexibility index (Phi) is 4.74. The van der Waals surface area contributed by atoms with Crippen molar-refractivity contribution in [3.05, 3.63) is 0 Å². The van der Waals surface area contributed by atoms with Crippen molar-refractivity contribution in [3.8, 4) is 0 Å². The highest BCUT2D eigenvalue weighted by molar-refractivity contribution is 5.81. The van der Waals surface area contributed by atoms with Gasteiger partial charge in [0.2, 0.25) is 5.91 Å². The van der Waals surface area contributed by atoms with Crippen molar-refractivity contribution in [2.45, 2.75) is 58.2 Å². The van der Waals surface area contributed by atoms with Gasteiger partial charge in [-0.1, -0.05) is 6.92 Å². The van der Waals surface area contributed by atoms with E-state index in [0.717, 1.165) is 19.4 Å². The van der Waals surface area contributed by atoms with E-state index in [2.05, 4.69) is 24.5 Å². The second-order valence-electron chi connectivity index (χ2n) is 5.05. The minimum atomic E-state index is -0.166. The van der Waals surface area contributed by atoms with Gasteiger partial charge in [-0.25, -0.2) is 0 Å². The molecule has 1 amide bonds. The molecule has 4 nitrogen and oxygen atoms in total. The molecule has 0 aliphatic carbocycles. The van der Waals surface area contributed by atoms with E-state index in [1.165, 1.54) is 0 Å². The molecule has 4 heteroatoms. The molecule has 0 spiro atoms. The second kappa shape index (κ2) is 5.64. The summed E-state index contributed by atoms with van der Waals surface area (Å²) in [4.78, 5) is 11.8. The summed E-state index contributed by atoms with van der Waals surface area (Å²) in [6, 6.07) is 0.0742. The third kappa shape index (κ3) is 3.76. The van der Waals surface area contributed by atoms with E-state index in [1.807, 2.05) is 13.8 Å². The summed E-state index contributed by atoms with van der Waals surface area (Å²) < 4.78 is 5.35. The molecule has 94 valence electrons. The van der Waals surface area contributed by atoms with Crippen LogP contribution >= 0.6 is 0 Å². The molecule has 0 aromatic rings. The van der Waals surface area contributed by atoms with Crippen molar-refractivity contribution < 1.29 is 9.53 Å². The predicted molar refractivity (Wildman–Crippen MR) is 64.3 cm³/mol. The molecule has 0 radical (unpaired) electrons. The van der Waals surface area contributed by atoms with Crippen LogP contribution < -0.4 is 10.6 Å². The van der Waals surface area contributed by atoms with Gasteiger partial charge in [-0.15, -0.1) is 0 Å². The lowest BCUT2D eigenvalue weighted by atomic mass is 10.0. The molecule has 1 fully saturated rings. The molecule has 0 bridgehead atoms.